The number of ether oxygens (including phenoxy) is 1. The van der Waals surface area contributed by atoms with Crippen molar-refractivity contribution in [3.63, 3.8) is 0 Å². The number of nitro benzene ring substituents is 1. The first-order valence-corrected chi connectivity index (χ1v) is 6.67. The summed E-state index contributed by atoms with van der Waals surface area (Å²) in [6.07, 6.45) is 2.24. The van der Waals surface area contributed by atoms with Crippen LogP contribution in [-0.4, -0.2) is 29.3 Å². The highest BCUT2D eigenvalue weighted by Crippen LogP contribution is 2.39. The van der Waals surface area contributed by atoms with Crippen molar-refractivity contribution in [3.8, 4) is 5.75 Å². The van der Waals surface area contributed by atoms with Gasteiger partial charge in [0.05, 0.1) is 18.6 Å². The molecule has 1 saturated carbocycles. The van der Waals surface area contributed by atoms with Crippen LogP contribution in [0.25, 0.3) is 0 Å². The molecule has 1 aliphatic carbocycles. The van der Waals surface area contributed by atoms with Gasteiger partial charge in [0.2, 0.25) is 0 Å². The predicted molar refractivity (Wildman–Crippen MR) is 74.7 cm³/mol. The van der Waals surface area contributed by atoms with Gasteiger partial charge in [-0.25, -0.2) is 0 Å². The average molecular weight is 280 g/mol. The lowest BCUT2D eigenvalue weighted by atomic mass is 9.96. The molecule has 0 heterocycles. The van der Waals surface area contributed by atoms with Crippen LogP contribution >= 0.6 is 0 Å². The number of aliphatic hydroxyl groups is 1. The lowest BCUT2D eigenvalue weighted by molar-refractivity contribution is -0.385. The fraction of sp³-hybridized carbons (Fsp3) is 0.571. The fourth-order valence-electron chi connectivity index (χ4n) is 2.34. The van der Waals surface area contributed by atoms with E-state index in [0.717, 1.165) is 18.4 Å². The molecule has 2 rings (SSSR count). The minimum atomic E-state index is -0.450. The van der Waals surface area contributed by atoms with E-state index in [1.54, 1.807) is 12.1 Å². The lowest BCUT2D eigenvalue weighted by Crippen LogP contribution is -2.47. The number of hydrogen-bond acceptors (Lipinski definition) is 5. The third-order valence-corrected chi connectivity index (χ3v) is 3.94. The first-order chi connectivity index (χ1) is 9.50. The molecule has 0 spiro atoms. The molecule has 0 aliphatic heterocycles. The van der Waals surface area contributed by atoms with Gasteiger partial charge >= 0.3 is 5.69 Å². The average Bonchev–Trinajstić information content (AvgIpc) is 3.29. The van der Waals surface area contributed by atoms with Crippen molar-refractivity contribution >= 4 is 5.69 Å². The maximum atomic E-state index is 11.0. The van der Waals surface area contributed by atoms with E-state index < -0.39 is 4.92 Å². The van der Waals surface area contributed by atoms with Crippen LogP contribution in [0.15, 0.2) is 18.2 Å². The zero-order valence-corrected chi connectivity index (χ0v) is 11.8. The van der Waals surface area contributed by atoms with Crippen LogP contribution < -0.4 is 10.1 Å². The number of nitro groups is 1. The third kappa shape index (κ3) is 3.08. The molecule has 6 nitrogen and oxygen atoms in total. The summed E-state index contributed by atoms with van der Waals surface area (Å²) in [7, 11) is 1.41. The van der Waals surface area contributed by atoms with Crippen LogP contribution in [0.1, 0.15) is 25.3 Å². The molecule has 0 amide bonds. The van der Waals surface area contributed by atoms with E-state index in [1.165, 1.54) is 13.2 Å². The highest BCUT2D eigenvalue weighted by Gasteiger charge is 2.40. The Hall–Kier alpha value is -1.66. The summed E-state index contributed by atoms with van der Waals surface area (Å²) in [5.41, 5.74) is 0.455. The van der Waals surface area contributed by atoms with Gasteiger partial charge in [0.15, 0.2) is 5.75 Å². The molecule has 1 aromatic carbocycles. The van der Waals surface area contributed by atoms with E-state index in [4.69, 9.17) is 4.74 Å². The Labute approximate surface area is 117 Å². The fourth-order valence-corrected chi connectivity index (χ4v) is 2.34. The second-order valence-electron chi connectivity index (χ2n) is 5.47. The van der Waals surface area contributed by atoms with Crippen LogP contribution in [-0.2, 0) is 6.54 Å². The van der Waals surface area contributed by atoms with Crippen molar-refractivity contribution < 1.29 is 14.8 Å². The molecule has 1 fully saturated rings. The minimum Gasteiger partial charge on any atom is -0.490 e. The molecule has 0 bridgehead atoms. The first kappa shape index (κ1) is 14.7. The number of hydrogen-bond donors (Lipinski definition) is 2. The lowest BCUT2D eigenvalue weighted by Gasteiger charge is -2.29. The molecule has 2 N–H and O–H groups in total. The van der Waals surface area contributed by atoms with E-state index >= 15 is 0 Å². The van der Waals surface area contributed by atoms with Gasteiger partial charge in [-0.05, 0) is 37.3 Å². The zero-order chi connectivity index (χ0) is 14.8. The minimum absolute atomic E-state index is 0.0380. The van der Waals surface area contributed by atoms with Crippen LogP contribution in [0, 0.1) is 16.0 Å². The van der Waals surface area contributed by atoms with Gasteiger partial charge in [-0.3, -0.25) is 10.1 Å². The van der Waals surface area contributed by atoms with Gasteiger partial charge in [0.25, 0.3) is 0 Å². The number of aliphatic hydroxyl groups excluding tert-OH is 1. The van der Waals surface area contributed by atoms with Crippen molar-refractivity contribution in [3.05, 3.63) is 33.9 Å². The van der Waals surface area contributed by atoms with Crippen LogP contribution in [0.3, 0.4) is 0 Å². The highest BCUT2D eigenvalue weighted by atomic mass is 16.6. The monoisotopic (exact) mass is 280 g/mol. The third-order valence-electron chi connectivity index (χ3n) is 3.94. The molecule has 1 unspecified atom stereocenters. The van der Waals surface area contributed by atoms with Crippen molar-refractivity contribution in [1.29, 1.82) is 0 Å². The summed E-state index contributed by atoms with van der Waals surface area (Å²) < 4.78 is 4.97. The van der Waals surface area contributed by atoms with Gasteiger partial charge in [0.1, 0.15) is 0 Å². The van der Waals surface area contributed by atoms with Gasteiger partial charge < -0.3 is 15.2 Å². The molecule has 6 heteroatoms. The summed E-state index contributed by atoms with van der Waals surface area (Å²) in [5.74, 6) is 0.742. The summed E-state index contributed by atoms with van der Waals surface area (Å²) in [5, 5.41) is 23.8. The molecular formula is C14H20N2O4. The Morgan fingerprint density at radius 2 is 2.25 bits per heavy atom. The molecule has 1 aromatic rings. The normalized spacial score (nSPS) is 17.6. The molecule has 1 aliphatic rings. The maximum Gasteiger partial charge on any atom is 0.311 e. The van der Waals surface area contributed by atoms with Crippen molar-refractivity contribution in [2.75, 3.05) is 13.7 Å². The summed E-state index contributed by atoms with van der Waals surface area (Å²) >= 11 is 0. The van der Waals surface area contributed by atoms with Crippen molar-refractivity contribution in [2.45, 2.75) is 31.8 Å². The van der Waals surface area contributed by atoms with E-state index in [1.807, 2.05) is 6.92 Å². The second kappa shape index (κ2) is 5.76. The molecule has 110 valence electrons. The van der Waals surface area contributed by atoms with Crippen LogP contribution in [0.5, 0.6) is 5.75 Å². The summed E-state index contributed by atoms with van der Waals surface area (Å²) in [6.45, 7) is 2.54. The van der Waals surface area contributed by atoms with E-state index in [9.17, 15) is 15.2 Å². The Morgan fingerprint density at radius 3 is 2.75 bits per heavy atom. The smallest absolute Gasteiger partial charge is 0.311 e. The number of rotatable bonds is 7. The van der Waals surface area contributed by atoms with Gasteiger partial charge in [-0.15, -0.1) is 0 Å². The second-order valence-corrected chi connectivity index (χ2v) is 5.47. The van der Waals surface area contributed by atoms with Gasteiger partial charge in [-0.2, -0.15) is 0 Å². The van der Waals surface area contributed by atoms with Crippen molar-refractivity contribution in [2.24, 2.45) is 5.92 Å². The number of nitrogens with zero attached hydrogens (tertiary/aromatic N) is 1. The predicted octanol–water partition coefficient (Wildman–Crippen LogP) is 1.85. The zero-order valence-electron chi connectivity index (χ0n) is 11.8. The molecule has 0 aromatic heterocycles. The molecule has 0 saturated heterocycles. The van der Waals surface area contributed by atoms with Crippen LogP contribution in [0.4, 0.5) is 5.69 Å². The Morgan fingerprint density at radius 1 is 1.55 bits per heavy atom. The maximum absolute atomic E-state index is 11.0. The SMILES string of the molecule is COc1ccc(CNC(C)(CO)C2CC2)cc1[N+](=O)[O-]. The largest absolute Gasteiger partial charge is 0.490 e. The Balaban J connectivity index is 2.09. The molecule has 0 radical (unpaired) electrons. The molecular weight excluding hydrogens is 260 g/mol. The van der Waals surface area contributed by atoms with E-state index in [0.29, 0.717) is 12.5 Å². The Kier molecular flexibility index (Phi) is 4.25. The first-order valence-electron chi connectivity index (χ1n) is 6.67. The number of benzene rings is 1. The van der Waals surface area contributed by atoms with Crippen molar-refractivity contribution in [1.82, 2.24) is 5.32 Å². The summed E-state index contributed by atoms with van der Waals surface area (Å²) in [4.78, 5) is 10.5. The Bertz CT molecular complexity index is 502. The number of nitrogens with one attached hydrogen (secondary N) is 1. The molecule has 20 heavy (non-hydrogen) atoms. The standard InChI is InChI=1S/C14H20N2O4/c1-14(9-17,11-4-5-11)15-8-10-3-6-13(20-2)12(7-10)16(18)19/h3,6-7,11,15,17H,4-5,8-9H2,1-2H3. The van der Waals surface area contributed by atoms with Crippen LogP contribution in [0.2, 0.25) is 0 Å². The number of methoxy groups -OCH3 is 1. The van der Waals surface area contributed by atoms with Gasteiger partial charge in [-0.1, -0.05) is 6.07 Å². The van der Waals surface area contributed by atoms with Gasteiger partial charge in [0, 0.05) is 18.2 Å². The molecule has 1 atom stereocenters. The highest BCUT2D eigenvalue weighted by molar-refractivity contribution is 5.48. The quantitative estimate of drug-likeness (QED) is 0.588. The summed E-state index contributed by atoms with van der Waals surface area (Å²) in [6, 6.07) is 4.91. The van der Waals surface area contributed by atoms with E-state index in [2.05, 4.69) is 5.32 Å². The van der Waals surface area contributed by atoms with E-state index in [-0.39, 0.29) is 23.6 Å². The topological polar surface area (TPSA) is 84.6 Å².